The zero-order chi connectivity index (χ0) is 24.9. The topological polar surface area (TPSA) is 59.8 Å². The Morgan fingerprint density at radius 2 is 1.47 bits per heavy atom. The van der Waals surface area contributed by atoms with E-state index in [2.05, 4.69) is 82.2 Å². The second-order valence-corrected chi connectivity index (χ2v) is 9.16. The summed E-state index contributed by atoms with van der Waals surface area (Å²) in [6.45, 7) is 5.83. The van der Waals surface area contributed by atoms with Crippen LogP contribution in [-0.2, 0) is 19.4 Å². The zero-order valence-corrected chi connectivity index (χ0v) is 20.7. The maximum Gasteiger partial charge on any atom is 0.167 e. The fourth-order valence-corrected chi connectivity index (χ4v) is 4.62. The second-order valence-electron chi connectivity index (χ2n) is 9.16. The molecule has 0 saturated heterocycles. The number of hydrogen-bond donors (Lipinski definition) is 1. The van der Waals surface area contributed by atoms with Gasteiger partial charge in [-0.3, -0.25) is 4.79 Å². The number of aryl methyl sites for hydroxylation is 1. The summed E-state index contributed by atoms with van der Waals surface area (Å²) in [6, 6.07) is 28.2. The van der Waals surface area contributed by atoms with E-state index in [1.54, 1.807) is 6.33 Å². The maximum atomic E-state index is 12.5. The van der Waals surface area contributed by atoms with Gasteiger partial charge in [-0.25, -0.2) is 9.97 Å². The van der Waals surface area contributed by atoms with Crippen molar-refractivity contribution in [1.82, 2.24) is 14.5 Å². The standard InChI is InChI=1S/C31H30N4O/c1-22-23(2)35(20-26-9-5-3-6-10-26)31-29(22)30(33-21-34-31)32-18-17-24-13-15-25(16-14-24)19-28(36)27-11-7-4-8-12-27/h3-16,21H,17-20H2,1-2H3,(H,32,33,34). The predicted octanol–water partition coefficient (Wildman–Crippen LogP) is 6.18. The van der Waals surface area contributed by atoms with E-state index in [9.17, 15) is 4.79 Å². The van der Waals surface area contributed by atoms with Crippen molar-refractivity contribution in [3.8, 4) is 0 Å². The van der Waals surface area contributed by atoms with Crippen LogP contribution in [0.2, 0.25) is 0 Å². The molecule has 0 aliphatic heterocycles. The van der Waals surface area contributed by atoms with Gasteiger partial charge in [0.1, 0.15) is 17.8 Å². The first kappa shape index (κ1) is 23.5. The Hall–Kier alpha value is -4.25. The largest absolute Gasteiger partial charge is 0.369 e. The lowest BCUT2D eigenvalue weighted by Crippen LogP contribution is -2.08. The van der Waals surface area contributed by atoms with Crippen LogP contribution in [0.25, 0.3) is 11.0 Å². The number of nitrogens with zero attached hydrogens (tertiary/aromatic N) is 3. The van der Waals surface area contributed by atoms with Crippen LogP contribution in [0.5, 0.6) is 0 Å². The molecule has 0 amide bonds. The third-order valence-electron chi connectivity index (χ3n) is 6.78. The Bertz CT molecular complexity index is 1470. The van der Waals surface area contributed by atoms with Crippen molar-refractivity contribution in [3.05, 3.63) is 125 Å². The average molecular weight is 475 g/mol. The smallest absolute Gasteiger partial charge is 0.167 e. The molecule has 1 N–H and O–H groups in total. The van der Waals surface area contributed by atoms with Gasteiger partial charge in [-0.05, 0) is 42.5 Å². The fraction of sp³-hybridized carbons (Fsp3) is 0.194. The van der Waals surface area contributed by atoms with E-state index in [1.807, 2.05) is 36.4 Å². The second kappa shape index (κ2) is 10.6. The van der Waals surface area contributed by atoms with E-state index in [0.717, 1.165) is 47.5 Å². The van der Waals surface area contributed by atoms with Crippen LogP contribution in [-0.4, -0.2) is 26.9 Å². The molecule has 0 radical (unpaired) electrons. The van der Waals surface area contributed by atoms with Crippen molar-refractivity contribution in [2.45, 2.75) is 33.2 Å². The molecule has 0 bridgehead atoms. The number of hydrogen-bond acceptors (Lipinski definition) is 4. The van der Waals surface area contributed by atoms with E-state index >= 15 is 0 Å². The first-order valence-electron chi connectivity index (χ1n) is 12.3. The summed E-state index contributed by atoms with van der Waals surface area (Å²) < 4.78 is 2.27. The summed E-state index contributed by atoms with van der Waals surface area (Å²) in [5.74, 6) is 1.01. The highest BCUT2D eigenvalue weighted by molar-refractivity contribution is 5.97. The van der Waals surface area contributed by atoms with Crippen LogP contribution < -0.4 is 5.32 Å². The SMILES string of the molecule is Cc1c(C)n(Cc2ccccc2)c2ncnc(NCCc3ccc(CC(=O)c4ccccc4)cc3)c12. The molecule has 0 aliphatic rings. The number of ketones is 1. The molecule has 2 heterocycles. The molecule has 5 aromatic rings. The van der Waals surface area contributed by atoms with Crippen LogP contribution >= 0.6 is 0 Å². The Balaban J connectivity index is 1.25. The first-order chi connectivity index (χ1) is 17.6. The average Bonchev–Trinajstić information content (AvgIpc) is 3.16. The summed E-state index contributed by atoms with van der Waals surface area (Å²) in [6.07, 6.45) is 2.92. The van der Waals surface area contributed by atoms with Crippen LogP contribution in [0.1, 0.15) is 38.3 Å². The number of rotatable bonds is 9. The number of benzene rings is 3. The molecule has 0 spiro atoms. The summed E-state index contributed by atoms with van der Waals surface area (Å²) in [5, 5.41) is 4.62. The number of anilines is 1. The van der Waals surface area contributed by atoms with Crippen LogP contribution in [0.15, 0.2) is 91.3 Å². The molecule has 0 aliphatic carbocycles. The molecule has 180 valence electrons. The predicted molar refractivity (Wildman–Crippen MR) is 146 cm³/mol. The van der Waals surface area contributed by atoms with Gasteiger partial charge in [0, 0.05) is 30.8 Å². The van der Waals surface area contributed by atoms with Crippen LogP contribution in [0.3, 0.4) is 0 Å². The van der Waals surface area contributed by atoms with E-state index in [1.165, 1.54) is 22.4 Å². The number of carbonyl (C=O) groups excluding carboxylic acids is 1. The van der Waals surface area contributed by atoms with Gasteiger partial charge in [0.05, 0.1) is 5.39 Å². The highest BCUT2D eigenvalue weighted by atomic mass is 16.1. The van der Waals surface area contributed by atoms with Crippen molar-refractivity contribution >= 4 is 22.6 Å². The number of carbonyl (C=O) groups is 1. The molecule has 5 heteroatoms. The minimum Gasteiger partial charge on any atom is -0.369 e. The molecule has 3 aromatic carbocycles. The number of fused-ring (bicyclic) bond motifs is 1. The van der Waals surface area contributed by atoms with Crippen LogP contribution in [0.4, 0.5) is 5.82 Å². The van der Waals surface area contributed by atoms with Crippen molar-refractivity contribution in [2.75, 3.05) is 11.9 Å². The van der Waals surface area contributed by atoms with Crippen molar-refractivity contribution in [3.63, 3.8) is 0 Å². The summed E-state index contributed by atoms with van der Waals surface area (Å²) in [5.41, 5.74) is 7.63. The summed E-state index contributed by atoms with van der Waals surface area (Å²) >= 11 is 0. The van der Waals surface area contributed by atoms with Crippen molar-refractivity contribution < 1.29 is 4.79 Å². The third kappa shape index (κ3) is 5.05. The highest BCUT2D eigenvalue weighted by Crippen LogP contribution is 2.29. The third-order valence-corrected chi connectivity index (χ3v) is 6.78. The molecule has 5 nitrogen and oxygen atoms in total. The Morgan fingerprint density at radius 3 is 2.19 bits per heavy atom. The lowest BCUT2D eigenvalue weighted by atomic mass is 10.0. The molecule has 2 aromatic heterocycles. The van der Waals surface area contributed by atoms with E-state index in [4.69, 9.17) is 0 Å². The molecular formula is C31H30N4O. The van der Waals surface area contributed by atoms with E-state index in [0.29, 0.717) is 6.42 Å². The molecule has 0 unspecified atom stereocenters. The normalized spacial score (nSPS) is 11.1. The van der Waals surface area contributed by atoms with E-state index < -0.39 is 0 Å². The van der Waals surface area contributed by atoms with Gasteiger partial charge >= 0.3 is 0 Å². The maximum absolute atomic E-state index is 12.5. The zero-order valence-electron chi connectivity index (χ0n) is 20.7. The van der Waals surface area contributed by atoms with Gasteiger partial charge < -0.3 is 9.88 Å². The summed E-state index contributed by atoms with van der Waals surface area (Å²) in [4.78, 5) is 21.7. The van der Waals surface area contributed by atoms with Gasteiger partial charge in [0.2, 0.25) is 0 Å². The highest BCUT2D eigenvalue weighted by Gasteiger charge is 2.16. The van der Waals surface area contributed by atoms with Gasteiger partial charge in [0.15, 0.2) is 5.78 Å². The van der Waals surface area contributed by atoms with Crippen molar-refractivity contribution in [1.29, 1.82) is 0 Å². The Morgan fingerprint density at radius 1 is 0.806 bits per heavy atom. The Kier molecular flexibility index (Phi) is 6.89. The molecule has 0 fully saturated rings. The fourth-order valence-electron chi connectivity index (χ4n) is 4.62. The molecule has 5 rings (SSSR count). The van der Waals surface area contributed by atoms with E-state index in [-0.39, 0.29) is 5.78 Å². The first-order valence-corrected chi connectivity index (χ1v) is 12.3. The quantitative estimate of drug-likeness (QED) is 0.259. The van der Waals surface area contributed by atoms with Gasteiger partial charge in [-0.2, -0.15) is 0 Å². The molecule has 0 saturated carbocycles. The van der Waals surface area contributed by atoms with Gasteiger partial charge in [-0.1, -0.05) is 84.9 Å². The minimum absolute atomic E-state index is 0.141. The Labute approximate surface area is 211 Å². The molecule has 0 atom stereocenters. The summed E-state index contributed by atoms with van der Waals surface area (Å²) in [7, 11) is 0. The molecular weight excluding hydrogens is 444 g/mol. The lowest BCUT2D eigenvalue weighted by Gasteiger charge is -2.09. The minimum atomic E-state index is 0.141. The van der Waals surface area contributed by atoms with Crippen LogP contribution in [0, 0.1) is 13.8 Å². The van der Waals surface area contributed by atoms with Gasteiger partial charge in [0.25, 0.3) is 0 Å². The number of Topliss-reactive ketones (excluding diaryl/α,β-unsaturated/α-hetero) is 1. The van der Waals surface area contributed by atoms with Gasteiger partial charge in [-0.15, -0.1) is 0 Å². The molecule has 36 heavy (non-hydrogen) atoms. The number of nitrogens with one attached hydrogen (secondary N) is 1. The lowest BCUT2D eigenvalue weighted by molar-refractivity contribution is 0.0993. The monoisotopic (exact) mass is 474 g/mol. The number of aromatic nitrogens is 3. The van der Waals surface area contributed by atoms with Crippen molar-refractivity contribution in [2.24, 2.45) is 0 Å².